The Morgan fingerprint density at radius 1 is 1.23 bits per heavy atom. The highest BCUT2D eigenvalue weighted by atomic mass is 32.2. The van der Waals surface area contributed by atoms with Crippen LogP contribution >= 0.6 is 23.1 Å². The number of amides is 2. The normalized spacial score (nSPS) is 18.3. The fraction of sp³-hybridized carbons (Fsp3) is 0.522. The predicted octanol–water partition coefficient (Wildman–Crippen LogP) is 5.97. The van der Waals surface area contributed by atoms with Gasteiger partial charge in [-0.2, -0.15) is 13.2 Å². The number of carbonyl (C=O) groups is 2. The molecule has 1 aliphatic rings. The van der Waals surface area contributed by atoms with E-state index in [2.05, 4.69) is 17.2 Å². The van der Waals surface area contributed by atoms with E-state index < -0.39 is 17.7 Å². The Labute approximate surface area is 210 Å². The van der Waals surface area contributed by atoms with Gasteiger partial charge in [0.2, 0.25) is 0 Å². The molecule has 12 heteroatoms. The van der Waals surface area contributed by atoms with Gasteiger partial charge in [0.05, 0.1) is 34.9 Å². The number of carboxylic acids is 1. The van der Waals surface area contributed by atoms with Crippen LogP contribution in [0.5, 0.6) is 0 Å². The minimum atomic E-state index is -4.38. The van der Waals surface area contributed by atoms with Gasteiger partial charge in [-0.25, -0.2) is 9.78 Å². The summed E-state index contributed by atoms with van der Waals surface area (Å²) in [5.41, 5.74) is -0.0861. The topological polar surface area (TPSA) is 91.8 Å². The lowest BCUT2D eigenvalue weighted by Crippen LogP contribution is -2.46. The van der Waals surface area contributed by atoms with Crippen molar-refractivity contribution in [2.45, 2.75) is 55.6 Å². The lowest BCUT2D eigenvalue weighted by Gasteiger charge is -2.36. The number of carboxylic acid groups (broad SMARTS) is 1. The number of hydrogen-bond acceptors (Lipinski definition) is 6. The van der Waals surface area contributed by atoms with Gasteiger partial charge in [0, 0.05) is 12.6 Å². The maximum absolute atomic E-state index is 13.1. The summed E-state index contributed by atoms with van der Waals surface area (Å²) in [6, 6.07) is 4.59. The third kappa shape index (κ3) is 8.69. The summed E-state index contributed by atoms with van der Waals surface area (Å²) in [6.45, 7) is 2.90. The Bertz CT molecular complexity index is 977. The van der Waals surface area contributed by atoms with Gasteiger partial charge in [-0.1, -0.05) is 30.4 Å². The molecular weight excluding hydrogens is 503 g/mol. The first-order chi connectivity index (χ1) is 16.6. The lowest BCUT2D eigenvalue weighted by atomic mass is 9.86. The molecule has 0 spiro atoms. The van der Waals surface area contributed by atoms with Gasteiger partial charge < -0.3 is 14.7 Å². The molecule has 0 bridgehead atoms. The van der Waals surface area contributed by atoms with Crippen LogP contribution in [0.2, 0.25) is 0 Å². The van der Waals surface area contributed by atoms with E-state index in [-0.39, 0.29) is 31.0 Å². The zero-order valence-corrected chi connectivity index (χ0v) is 20.8. The quantitative estimate of drug-likeness (QED) is 0.290. The molecule has 1 aromatic heterocycles. The molecule has 3 rings (SSSR count). The van der Waals surface area contributed by atoms with E-state index in [1.165, 1.54) is 29.7 Å². The van der Waals surface area contributed by atoms with Crippen molar-refractivity contribution >= 4 is 40.2 Å². The van der Waals surface area contributed by atoms with Gasteiger partial charge in [-0.15, -0.1) is 11.8 Å². The van der Waals surface area contributed by atoms with Crippen LogP contribution in [-0.4, -0.2) is 51.9 Å². The van der Waals surface area contributed by atoms with Gasteiger partial charge >= 0.3 is 18.2 Å². The number of rotatable bonds is 10. The number of nitrogens with zero attached hydrogens (tertiary/aromatic N) is 2. The van der Waals surface area contributed by atoms with Crippen molar-refractivity contribution in [2.24, 2.45) is 5.92 Å². The zero-order chi connectivity index (χ0) is 25.4. The highest BCUT2D eigenvalue weighted by molar-refractivity contribution is 8.01. The largest absolute Gasteiger partial charge is 0.481 e. The van der Waals surface area contributed by atoms with Crippen molar-refractivity contribution in [1.82, 2.24) is 9.88 Å². The third-order valence-corrected chi connectivity index (χ3v) is 7.84. The first-order valence-corrected chi connectivity index (χ1v) is 13.0. The number of aromatic nitrogens is 1. The first kappa shape index (κ1) is 27.3. The van der Waals surface area contributed by atoms with Crippen LogP contribution in [0.15, 0.2) is 34.7 Å². The Morgan fingerprint density at radius 3 is 2.54 bits per heavy atom. The summed E-state index contributed by atoms with van der Waals surface area (Å²) >= 11 is 2.35. The number of ether oxygens (including phenoxy) is 1. The van der Waals surface area contributed by atoms with E-state index in [4.69, 9.17) is 9.84 Å². The van der Waals surface area contributed by atoms with Crippen molar-refractivity contribution in [3.05, 3.63) is 41.6 Å². The van der Waals surface area contributed by atoms with Crippen molar-refractivity contribution in [3.8, 4) is 0 Å². The Kier molecular flexibility index (Phi) is 9.81. The number of anilines is 1. The molecule has 1 saturated carbocycles. The Balaban J connectivity index is 1.55. The highest BCUT2D eigenvalue weighted by Gasteiger charge is 2.30. The Hall–Kier alpha value is -2.31. The van der Waals surface area contributed by atoms with E-state index in [1.807, 2.05) is 0 Å². The molecule has 0 atom stereocenters. The fourth-order valence-corrected chi connectivity index (χ4v) is 5.41. The second-order valence-corrected chi connectivity index (χ2v) is 10.8. The molecule has 1 fully saturated rings. The molecule has 192 valence electrons. The molecule has 0 radical (unpaired) electrons. The van der Waals surface area contributed by atoms with Crippen molar-refractivity contribution < 1.29 is 32.6 Å². The third-order valence-electron chi connectivity index (χ3n) is 5.75. The van der Waals surface area contributed by atoms with Crippen LogP contribution in [0, 0.1) is 5.92 Å². The highest BCUT2D eigenvalue weighted by Crippen LogP contribution is 2.31. The standard InChI is InChI=1S/C23H28F3N3O4S2/c1-15-2-8-18(9-3-15)29(22(32)28-21-27-12-20(35-21)34-14-19(30)31)10-11-33-13-16-4-6-17(7-5-16)23(24,25)26/h4-7,12,15,18H,2-3,8-11,13-14H2,1H3,(H,30,31)(H,27,28,32)/t15-,18-. The van der Waals surface area contributed by atoms with Gasteiger partial charge in [0.1, 0.15) is 0 Å². The van der Waals surface area contributed by atoms with E-state index >= 15 is 0 Å². The number of thiazole rings is 1. The molecule has 0 saturated heterocycles. The molecule has 35 heavy (non-hydrogen) atoms. The van der Waals surface area contributed by atoms with E-state index in [9.17, 15) is 22.8 Å². The van der Waals surface area contributed by atoms with Crippen molar-refractivity contribution in [1.29, 1.82) is 0 Å². The van der Waals surface area contributed by atoms with Crippen LogP contribution in [-0.2, 0) is 22.3 Å². The average molecular weight is 532 g/mol. The smallest absolute Gasteiger partial charge is 0.416 e. The average Bonchev–Trinajstić information content (AvgIpc) is 3.25. The number of carbonyl (C=O) groups excluding carboxylic acids is 1. The van der Waals surface area contributed by atoms with Gasteiger partial charge in [-0.05, 0) is 49.3 Å². The number of aliphatic carboxylic acids is 1. The molecule has 2 N–H and O–H groups in total. The molecular formula is C23H28F3N3O4S2. The van der Waals surface area contributed by atoms with Crippen molar-refractivity contribution in [2.75, 3.05) is 24.2 Å². The summed E-state index contributed by atoms with van der Waals surface area (Å²) in [5, 5.41) is 12.0. The predicted molar refractivity (Wildman–Crippen MR) is 129 cm³/mol. The van der Waals surface area contributed by atoms with Gasteiger partial charge in [0.25, 0.3) is 0 Å². The maximum atomic E-state index is 13.1. The number of benzene rings is 1. The van der Waals surface area contributed by atoms with Crippen LogP contribution in [0.1, 0.15) is 43.7 Å². The second kappa shape index (κ2) is 12.6. The summed E-state index contributed by atoms with van der Waals surface area (Å²) < 4.78 is 44.5. The molecule has 1 heterocycles. The maximum Gasteiger partial charge on any atom is 0.416 e. The molecule has 1 aliphatic carbocycles. The Morgan fingerprint density at radius 2 is 1.91 bits per heavy atom. The van der Waals surface area contributed by atoms with Crippen LogP contribution in [0.25, 0.3) is 0 Å². The molecule has 1 aromatic carbocycles. The summed E-state index contributed by atoms with van der Waals surface area (Å²) in [7, 11) is 0. The van der Waals surface area contributed by atoms with Crippen LogP contribution in [0.4, 0.5) is 23.1 Å². The zero-order valence-electron chi connectivity index (χ0n) is 19.2. The van der Waals surface area contributed by atoms with Crippen molar-refractivity contribution in [3.63, 3.8) is 0 Å². The minimum absolute atomic E-state index is 0.0571. The number of halogens is 3. The monoisotopic (exact) mass is 531 g/mol. The first-order valence-electron chi connectivity index (χ1n) is 11.2. The summed E-state index contributed by atoms with van der Waals surface area (Å²) in [5.74, 6) is -0.402. The molecule has 7 nitrogen and oxygen atoms in total. The van der Waals surface area contributed by atoms with Crippen LogP contribution < -0.4 is 5.32 Å². The van der Waals surface area contributed by atoms with E-state index in [0.717, 1.165) is 49.6 Å². The fourth-order valence-electron chi connectivity index (χ4n) is 3.83. The molecule has 2 amide bonds. The van der Waals surface area contributed by atoms with Gasteiger partial charge in [0.15, 0.2) is 5.13 Å². The molecule has 2 aromatic rings. The van der Waals surface area contributed by atoms with E-state index in [0.29, 0.717) is 27.4 Å². The molecule has 0 aliphatic heterocycles. The number of hydrogen-bond donors (Lipinski definition) is 2. The SMILES string of the molecule is C[C@H]1CC[C@H](N(CCOCc2ccc(C(F)(F)F)cc2)C(=O)Nc2ncc(SCC(=O)O)s2)CC1. The second-order valence-electron chi connectivity index (χ2n) is 8.45. The number of nitrogens with one attached hydrogen (secondary N) is 1. The van der Waals surface area contributed by atoms with E-state index in [1.54, 1.807) is 4.90 Å². The van der Waals surface area contributed by atoms with Gasteiger partial charge in [-0.3, -0.25) is 10.1 Å². The van der Waals surface area contributed by atoms with Crippen LogP contribution in [0.3, 0.4) is 0 Å². The number of thioether (sulfide) groups is 1. The summed E-state index contributed by atoms with van der Waals surface area (Å²) in [4.78, 5) is 29.7. The minimum Gasteiger partial charge on any atom is -0.481 e. The lowest BCUT2D eigenvalue weighted by molar-refractivity contribution is -0.137. The number of alkyl halides is 3. The number of urea groups is 1. The molecule has 0 unspecified atom stereocenters. The summed E-state index contributed by atoms with van der Waals surface area (Å²) in [6.07, 6.45) is 0.962.